The second kappa shape index (κ2) is 6.25. The normalized spacial score (nSPS) is 11.2. The summed E-state index contributed by atoms with van der Waals surface area (Å²) in [6.45, 7) is 1.79. The molecule has 0 unspecified atom stereocenters. The lowest BCUT2D eigenvalue weighted by Gasteiger charge is -1.94. The summed E-state index contributed by atoms with van der Waals surface area (Å²) in [5, 5.41) is 6.30. The highest BCUT2D eigenvalue weighted by Crippen LogP contribution is 2.28. The van der Waals surface area contributed by atoms with Crippen molar-refractivity contribution < 1.29 is 9.18 Å². The Labute approximate surface area is 134 Å². The Bertz CT molecular complexity index is 823. The van der Waals surface area contributed by atoms with Crippen LogP contribution in [0.1, 0.15) is 21.1 Å². The van der Waals surface area contributed by atoms with Crippen molar-refractivity contribution in [1.29, 1.82) is 0 Å². The van der Waals surface area contributed by atoms with Crippen molar-refractivity contribution in [2.45, 2.75) is 6.92 Å². The minimum absolute atomic E-state index is 0.128. The summed E-state index contributed by atoms with van der Waals surface area (Å²) >= 11 is 2.52. The minimum Gasteiger partial charge on any atom is -0.288 e. The summed E-state index contributed by atoms with van der Waals surface area (Å²) < 4.78 is 16.7. The van der Waals surface area contributed by atoms with Gasteiger partial charge >= 0.3 is 0 Å². The van der Waals surface area contributed by atoms with Gasteiger partial charge in [-0.15, -0.1) is 16.4 Å². The molecule has 4 nitrogen and oxygen atoms in total. The maximum absolute atomic E-state index is 13.0. The third-order valence-corrected chi connectivity index (χ3v) is 4.64. The second-order valence-electron chi connectivity index (χ2n) is 4.47. The number of hydrogen-bond donors (Lipinski definition) is 0. The van der Waals surface area contributed by atoms with Gasteiger partial charge in [0.05, 0.1) is 16.3 Å². The van der Waals surface area contributed by atoms with Gasteiger partial charge in [-0.2, -0.15) is 0 Å². The lowest BCUT2D eigenvalue weighted by Crippen LogP contribution is -1.93. The van der Waals surface area contributed by atoms with E-state index in [1.807, 2.05) is 0 Å². The number of nitrogens with zero attached hydrogens (tertiary/aromatic N) is 3. The fraction of sp³-hybridized carbons (Fsp3) is 0.0667. The summed E-state index contributed by atoms with van der Waals surface area (Å²) in [6.07, 6.45) is 3.09. The highest BCUT2D eigenvalue weighted by molar-refractivity contribution is 7.17. The molecule has 0 atom stereocenters. The van der Waals surface area contributed by atoms with Crippen LogP contribution in [-0.4, -0.2) is 20.4 Å². The van der Waals surface area contributed by atoms with E-state index in [4.69, 9.17) is 0 Å². The van der Waals surface area contributed by atoms with Crippen LogP contribution < -0.4 is 0 Å². The van der Waals surface area contributed by atoms with Crippen LogP contribution in [0, 0.1) is 12.7 Å². The number of carbonyl (C=O) groups is 1. The van der Waals surface area contributed by atoms with Crippen molar-refractivity contribution >= 4 is 34.7 Å². The summed E-state index contributed by atoms with van der Waals surface area (Å²) in [7, 11) is 0. The Hall–Kier alpha value is -2.25. The smallest absolute Gasteiger partial charge is 0.197 e. The molecule has 3 rings (SSSR count). The number of thiazole rings is 1. The third kappa shape index (κ3) is 3.15. The Morgan fingerprint density at radius 1 is 1.27 bits per heavy atom. The Morgan fingerprint density at radius 3 is 2.73 bits per heavy atom. The summed E-state index contributed by atoms with van der Waals surface area (Å²) in [6, 6.07) is 6.06. The van der Waals surface area contributed by atoms with Crippen molar-refractivity contribution in [1.82, 2.24) is 14.6 Å². The van der Waals surface area contributed by atoms with Crippen molar-refractivity contribution in [2.24, 2.45) is 0 Å². The molecule has 0 saturated carbocycles. The van der Waals surface area contributed by atoms with Gasteiger partial charge in [-0.25, -0.2) is 9.37 Å². The van der Waals surface area contributed by atoms with Crippen LogP contribution in [0.25, 0.3) is 16.6 Å². The van der Waals surface area contributed by atoms with Crippen LogP contribution in [0.3, 0.4) is 0 Å². The first-order valence-corrected chi connectivity index (χ1v) is 8.01. The molecule has 0 saturated heterocycles. The fourth-order valence-electron chi connectivity index (χ4n) is 1.82. The predicted molar refractivity (Wildman–Crippen MR) is 85.5 cm³/mol. The second-order valence-corrected chi connectivity index (χ2v) is 6.08. The van der Waals surface area contributed by atoms with Crippen LogP contribution in [0.15, 0.2) is 35.7 Å². The molecular formula is C15H10FN3OS2. The van der Waals surface area contributed by atoms with Crippen LogP contribution >= 0.6 is 22.9 Å². The standard InChI is InChI=1S/C15H10FN3OS2/c1-9-14(13(20)7-6-12-8-21-19-18-12)22-15(17-9)10-2-4-11(16)5-3-10/h2-8H,1H3. The molecule has 0 aliphatic heterocycles. The molecule has 110 valence electrons. The van der Waals surface area contributed by atoms with Crippen molar-refractivity contribution in [2.75, 3.05) is 0 Å². The first-order valence-electron chi connectivity index (χ1n) is 6.36. The quantitative estimate of drug-likeness (QED) is 0.535. The molecule has 0 spiro atoms. The van der Waals surface area contributed by atoms with Crippen molar-refractivity contribution in [3.8, 4) is 10.6 Å². The molecule has 0 amide bonds. The van der Waals surface area contributed by atoms with Gasteiger partial charge in [0.15, 0.2) is 5.78 Å². The molecule has 22 heavy (non-hydrogen) atoms. The maximum Gasteiger partial charge on any atom is 0.197 e. The first kappa shape index (κ1) is 14.7. The van der Waals surface area contributed by atoms with E-state index in [1.165, 1.54) is 41.1 Å². The Balaban J connectivity index is 1.85. The number of ketones is 1. The zero-order chi connectivity index (χ0) is 15.5. The summed E-state index contributed by atoms with van der Waals surface area (Å²) in [5.74, 6) is -0.426. The van der Waals surface area contributed by atoms with Crippen molar-refractivity contribution in [3.05, 3.63) is 57.8 Å². The lowest BCUT2D eigenvalue weighted by atomic mass is 10.2. The molecule has 0 N–H and O–H groups in total. The zero-order valence-corrected chi connectivity index (χ0v) is 13.1. The van der Waals surface area contributed by atoms with E-state index in [1.54, 1.807) is 30.5 Å². The van der Waals surface area contributed by atoms with Crippen LogP contribution in [-0.2, 0) is 0 Å². The molecule has 1 aromatic carbocycles. The number of aryl methyl sites for hydroxylation is 1. The number of aromatic nitrogens is 3. The van der Waals surface area contributed by atoms with Crippen LogP contribution in [0.2, 0.25) is 0 Å². The zero-order valence-electron chi connectivity index (χ0n) is 11.5. The van der Waals surface area contributed by atoms with Gasteiger partial charge in [0.25, 0.3) is 0 Å². The molecular weight excluding hydrogens is 321 g/mol. The van der Waals surface area contributed by atoms with Gasteiger partial charge in [0, 0.05) is 10.9 Å². The number of carbonyl (C=O) groups excluding carboxylic acids is 1. The molecule has 0 fully saturated rings. The molecule has 7 heteroatoms. The van der Waals surface area contributed by atoms with E-state index in [9.17, 15) is 9.18 Å². The molecule has 3 aromatic rings. The molecule has 0 radical (unpaired) electrons. The fourth-order valence-corrected chi connectivity index (χ4v) is 3.24. The van der Waals surface area contributed by atoms with Gasteiger partial charge in [0.2, 0.25) is 0 Å². The summed E-state index contributed by atoms with van der Waals surface area (Å²) in [5.41, 5.74) is 2.11. The van der Waals surface area contributed by atoms with E-state index in [0.29, 0.717) is 21.3 Å². The van der Waals surface area contributed by atoms with Crippen LogP contribution in [0.5, 0.6) is 0 Å². The van der Waals surface area contributed by atoms with Gasteiger partial charge in [0.1, 0.15) is 10.8 Å². The Kier molecular flexibility index (Phi) is 4.17. The van der Waals surface area contributed by atoms with Crippen LogP contribution in [0.4, 0.5) is 4.39 Å². The minimum atomic E-state index is -0.298. The monoisotopic (exact) mass is 331 g/mol. The average Bonchev–Trinajstić information content (AvgIpc) is 3.15. The SMILES string of the molecule is Cc1nc(-c2ccc(F)cc2)sc1C(=O)C=Cc1csnn1. The Morgan fingerprint density at radius 2 is 2.05 bits per heavy atom. The van der Waals surface area contributed by atoms with Crippen molar-refractivity contribution in [3.63, 3.8) is 0 Å². The number of rotatable bonds is 4. The van der Waals surface area contributed by atoms with E-state index in [2.05, 4.69) is 14.6 Å². The third-order valence-electron chi connectivity index (χ3n) is 2.89. The number of benzene rings is 1. The van der Waals surface area contributed by atoms with Gasteiger partial charge in [-0.3, -0.25) is 4.79 Å². The maximum atomic E-state index is 13.0. The van der Waals surface area contributed by atoms with Gasteiger partial charge in [-0.1, -0.05) is 4.49 Å². The molecule has 0 aliphatic carbocycles. The molecule has 0 aliphatic rings. The topological polar surface area (TPSA) is 55.7 Å². The highest BCUT2D eigenvalue weighted by atomic mass is 32.1. The number of hydrogen-bond acceptors (Lipinski definition) is 6. The van der Waals surface area contributed by atoms with Gasteiger partial charge < -0.3 is 0 Å². The van der Waals surface area contributed by atoms with E-state index in [0.717, 1.165) is 5.56 Å². The van der Waals surface area contributed by atoms with Gasteiger partial charge in [-0.05, 0) is 54.9 Å². The highest BCUT2D eigenvalue weighted by Gasteiger charge is 2.14. The number of allylic oxidation sites excluding steroid dienone is 1. The number of halogens is 1. The summed E-state index contributed by atoms with van der Waals surface area (Å²) in [4.78, 5) is 17.2. The predicted octanol–water partition coefficient (Wildman–Crippen LogP) is 4.01. The average molecular weight is 331 g/mol. The van der Waals surface area contributed by atoms with E-state index < -0.39 is 0 Å². The van der Waals surface area contributed by atoms with E-state index >= 15 is 0 Å². The first-order chi connectivity index (χ1) is 10.6. The molecule has 2 heterocycles. The lowest BCUT2D eigenvalue weighted by molar-refractivity contribution is 0.105. The largest absolute Gasteiger partial charge is 0.288 e. The molecule has 0 bridgehead atoms. The van der Waals surface area contributed by atoms with E-state index in [-0.39, 0.29) is 11.6 Å². The molecule has 2 aromatic heterocycles.